The first-order valence-electron chi connectivity index (χ1n) is 11.5. The number of benzene rings is 2. The molecule has 3 amide bonds. The molecule has 174 valence electrons. The fraction of sp³-hybridized carbons (Fsp3) is 0.440. The van der Waals surface area contributed by atoms with Crippen molar-refractivity contribution >= 4 is 17.6 Å². The number of hydrogen-bond donors (Lipinski definition) is 1. The number of carbonyl (C=O) groups is 2. The van der Waals surface area contributed by atoms with Gasteiger partial charge in [-0.05, 0) is 54.8 Å². The summed E-state index contributed by atoms with van der Waals surface area (Å²) in [6.07, 6.45) is 0.336. The highest BCUT2D eigenvalue weighted by atomic mass is 16.7. The minimum atomic E-state index is -0.168. The predicted octanol–water partition coefficient (Wildman–Crippen LogP) is 2.66. The lowest BCUT2D eigenvalue weighted by Gasteiger charge is -2.35. The summed E-state index contributed by atoms with van der Waals surface area (Å²) in [5, 5.41) is 3.07. The first-order chi connectivity index (χ1) is 16.0. The summed E-state index contributed by atoms with van der Waals surface area (Å²) in [5.41, 5.74) is 4.43. The van der Waals surface area contributed by atoms with Crippen molar-refractivity contribution in [2.45, 2.75) is 32.9 Å². The number of urea groups is 1. The third-order valence-electron chi connectivity index (χ3n) is 6.76. The van der Waals surface area contributed by atoms with Gasteiger partial charge < -0.3 is 24.6 Å². The van der Waals surface area contributed by atoms with Crippen LogP contribution in [0.2, 0.25) is 0 Å². The van der Waals surface area contributed by atoms with Gasteiger partial charge in [-0.1, -0.05) is 12.1 Å². The van der Waals surface area contributed by atoms with Crippen molar-refractivity contribution in [1.29, 1.82) is 0 Å². The average molecular weight is 451 g/mol. The van der Waals surface area contributed by atoms with E-state index < -0.39 is 0 Å². The Bertz CT molecular complexity index is 1060. The molecule has 1 atom stereocenters. The Morgan fingerprint density at radius 1 is 1.00 bits per heavy atom. The van der Waals surface area contributed by atoms with Crippen molar-refractivity contribution in [3.05, 3.63) is 53.1 Å². The number of anilines is 1. The van der Waals surface area contributed by atoms with Crippen LogP contribution in [0.5, 0.6) is 11.5 Å². The number of carbonyl (C=O) groups excluding carboxylic acids is 2. The topological polar surface area (TPSA) is 74.4 Å². The van der Waals surface area contributed by atoms with Crippen LogP contribution in [0, 0.1) is 13.8 Å². The normalized spacial score (nSPS) is 20.4. The molecule has 5 rings (SSSR count). The van der Waals surface area contributed by atoms with Crippen molar-refractivity contribution in [2.75, 3.05) is 44.4 Å². The lowest BCUT2D eigenvalue weighted by Crippen LogP contribution is -2.53. The Hall–Kier alpha value is -3.26. The molecule has 3 aliphatic heterocycles. The molecule has 8 nitrogen and oxygen atoms in total. The molecule has 3 heterocycles. The minimum Gasteiger partial charge on any atom is -0.454 e. The van der Waals surface area contributed by atoms with Gasteiger partial charge in [-0.3, -0.25) is 9.69 Å². The predicted molar refractivity (Wildman–Crippen MR) is 125 cm³/mol. The van der Waals surface area contributed by atoms with E-state index in [-0.39, 0.29) is 24.8 Å². The number of fused-ring (bicyclic) bond motifs is 1. The van der Waals surface area contributed by atoms with E-state index in [1.54, 1.807) is 4.90 Å². The molecule has 2 aromatic rings. The van der Waals surface area contributed by atoms with Crippen LogP contribution < -0.4 is 19.7 Å². The zero-order chi connectivity index (χ0) is 22.9. The summed E-state index contributed by atoms with van der Waals surface area (Å²) in [4.78, 5) is 31.4. The van der Waals surface area contributed by atoms with Crippen LogP contribution in [0.25, 0.3) is 0 Å². The molecule has 0 aromatic heterocycles. The van der Waals surface area contributed by atoms with Crippen LogP contribution >= 0.6 is 0 Å². The van der Waals surface area contributed by atoms with Gasteiger partial charge in [0.15, 0.2) is 11.5 Å². The molecule has 2 fully saturated rings. The number of amides is 3. The first-order valence-corrected chi connectivity index (χ1v) is 11.5. The first kappa shape index (κ1) is 21.6. The number of hydrogen-bond acceptors (Lipinski definition) is 5. The van der Waals surface area contributed by atoms with Gasteiger partial charge in [0.1, 0.15) is 0 Å². The lowest BCUT2D eigenvalue weighted by atomic mass is 10.1. The lowest BCUT2D eigenvalue weighted by molar-refractivity contribution is -0.117. The van der Waals surface area contributed by atoms with Gasteiger partial charge in [-0.25, -0.2) is 4.79 Å². The summed E-state index contributed by atoms with van der Waals surface area (Å²) in [5.74, 6) is 1.64. The van der Waals surface area contributed by atoms with E-state index in [0.29, 0.717) is 26.1 Å². The van der Waals surface area contributed by atoms with E-state index in [9.17, 15) is 9.59 Å². The molecule has 2 saturated heterocycles. The zero-order valence-electron chi connectivity index (χ0n) is 19.2. The molecule has 0 aliphatic carbocycles. The van der Waals surface area contributed by atoms with Crippen molar-refractivity contribution in [1.82, 2.24) is 15.1 Å². The van der Waals surface area contributed by atoms with Crippen molar-refractivity contribution in [3.63, 3.8) is 0 Å². The summed E-state index contributed by atoms with van der Waals surface area (Å²) < 4.78 is 10.8. The van der Waals surface area contributed by atoms with Gasteiger partial charge in [0.2, 0.25) is 12.7 Å². The van der Waals surface area contributed by atoms with Crippen molar-refractivity contribution in [2.24, 2.45) is 0 Å². The van der Waals surface area contributed by atoms with E-state index in [1.165, 1.54) is 11.1 Å². The van der Waals surface area contributed by atoms with Crippen molar-refractivity contribution in [3.8, 4) is 11.5 Å². The monoisotopic (exact) mass is 450 g/mol. The van der Waals surface area contributed by atoms with Crippen LogP contribution in [0.3, 0.4) is 0 Å². The zero-order valence-corrected chi connectivity index (χ0v) is 19.2. The summed E-state index contributed by atoms with van der Waals surface area (Å²) in [7, 11) is 0. The molecule has 0 radical (unpaired) electrons. The molecule has 3 aliphatic rings. The molecule has 0 spiro atoms. The maximum absolute atomic E-state index is 12.8. The highest BCUT2D eigenvalue weighted by Crippen LogP contribution is 2.33. The minimum absolute atomic E-state index is 0.0529. The largest absolute Gasteiger partial charge is 0.454 e. The maximum atomic E-state index is 12.8. The number of ether oxygens (including phenoxy) is 2. The van der Waals surface area contributed by atoms with Crippen LogP contribution in [0.4, 0.5) is 10.5 Å². The van der Waals surface area contributed by atoms with E-state index >= 15 is 0 Å². The highest BCUT2D eigenvalue weighted by molar-refractivity contribution is 5.97. The van der Waals surface area contributed by atoms with Gasteiger partial charge in [-0.15, -0.1) is 0 Å². The van der Waals surface area contributed by atoms with E-state index in [0.717, 1.165) is 42.4 Å². The molecule has 0 bridgehead atoms. The fourth-order valence-electron chi connectivity index (χ4n) is 4.62. The molecule has 33 heavy (non-hydrogen) atoms. The number of piperazine rings is 1. The molecule has 8 heteroatoms. The smallest absolute Gasteiger partial charge is 0.317 e. The van der Waals surface area contributed by atoms with Crippen LogP contribution in [0.15, 0.2) is 36.4 Å². The summed E-state index contributed by atoms with van der Waals surface area (Å²) in [6, 6.07) is 11.8. The molecular weight excluding hydrogens is 420 g/mol. The second kappa shape index (κ2) is 8.94. The Kier molecular flexibility index (Phi) is 5.85. The molecule has 0 saturated carbocycles. The Labute approximate surface area is 194 Å². The second-order valence-electron chi connectivity index (χ2n) is 9.07. The van der Waals surface area contributed by atoms with E-state index in [1.807, 2.05) is 42.2 Å². The van der Waals surface area contributed by atoms with Gasteiger partial charge in [-0.2, -0.15) is 0 Å². The van der Waals surface area contributed by atoms with Gasteiger partial charge in [0, 0.05) is 51.4 Å². The number of rotatable bonds is 4. The number of aryl methyl sites for hydroxylation is 2. The SMILES string of the molecule is Cc1ccc(N2CC(NC(=O)N3CCN(Cc4ccc5c(c4)OCO5)CC3)CC2=O)cc1C. The van der Waals surface area contributed by atoms with Crippen LogP contribution in [0.1, 0.15) is 23.1 Å². The van der Waals surface area contributed by atoms with Gasteiger partial charge >= 0.3 is 6.03 Å². The second-order valence-corrected chi connectivity index (χ2v) is 9.07. The Morgan fingerprint density at radius 2 is 1.79 bits per heavy atom. The fourth-order valence-corrected chi connectivity index (χ4v) is 4.62. The van der Waals surface area contributed by atoms with Crippen LogP contribution in [-0.4, -0.2) is 67.3 Å². The summed E-state index contributed by atoms with van der Waals surface area (Å²) >= 11 is 0. The molecule has 2 aromatic carbocycles. The Morgan fingerprint density at radius 3 is 2.58 bits per heavy atom. The standard InChI is InChI=1S/C25H30N4O4/c1-17-3-5-21(11-18(17)2)29-15-20(13-24(29)30)26-25(31)28-9-7-27(8-10-28)14-19-4-6-22-23(12-19)33-16-32-22/h3-6,11-12,20H,7-10,13-16H2,1-2H3,(H,26,31). The van der Waals surface area contributed by atoms with Crippen LogP contribution in [-0.2, 0) is 11.3 Å². The third-order valence-corrected chi connectivity index (χ3v) is 6.76. The number of nitrogens with zero attached hydrogens (tertiary/aromatic N) is 3. The molecule has 1 unspecified atom stereocenters. The highest BCUT2D eigenvalue weighted by Gasteiger charge is 2.33. The Balaban J connectivity index is 1.11. The average Bonchev–Trinajstić information content (AvgIpc) is 3.42. The number of nitrogens with one attached hydrogen (secondary N) is 1. The van der Waals surface area contributed by atoms with Gasteiger partial charge in [0.05, 0.1) is 6.04 Å². The van der Waals surface area contributed by atoms with E-state index in [4.69, 9.17) is 9.47 Å². The summed E-state index contributed by atoms with van der Waals surface area (Å²) in [6.45, 7) is 8.65. The van der Waals surface area contributed by atoms with Crippen molar-refractivity contribution < 1.29 is 19.1 Å². The molecular formula is C25H30N4O4. The maximum Gasteiger partial charge on any atom is 0.317 e. The quantitative estimate of drug-likeness (QED) is 0.775. The van der Waals surface area contributed by atoms with Gasteiger partial charge in [0.25, 0.3) is 0 Å². The molecule has 1 N–H and O–H groups in total. The third kappa shape index (κ3) is 4.61. The van der Waals surface area contributed by atoms with E-state index in [2.05, 4.69) is 23.2 Å².